The van der Waals surface area contributed by atoms with Crippen molar-refractivity contribution in [3.05, 3.63) is 54.2 Å². The molecule has 0 aliphatic carbocycles. The van der Waals surface area contributed by atoms with Crippen LogP contribution in [0.3, 0.4) is 0 Å². The van der Waals surface area contributed by atoms with Gasteiger partial charge in [-0.05, 0) is 18.2 Å². The summed E-state index contributed by atoms with van der Waals surface area (Å²) in [5.74, 6) is 0.431. The Kier molecular flexibility index (Phi) is 4.23. The molecule has 0 saturated carbocycles. The third-order valence-corrected chi connectivity index (χ3v) is 3.84. The third kappa shape index (κ3) is 3.03. The smallest absolute Gasteiger partial charge is 0.272 e. The molecule has 114 valence electrons. The molecule has 22 heavy (non-hydrogen) atoms. The van der Waals surface area contributed by atoms with Crippen LogP contribution < -0.4 is 9.64 Å². The minimum Gasteiger partial charge on any atom is -0.481 e. The number of piperazine rings is 1. The Morgan fingerprint density at radius 3 is 2.41 bits per heavy atom. The highest BCUT2D eigenvalue weighted by atomic mass is 16.5. The van der Waals surface area contributed by atoms with E-state index in [0.717, 1.165) is 13.1 Å². The van der Waals surface area contributed by atoms with E-state index in [1.165, 1.54) is 5.69 Å². The van der Waals surface area contributed by atoms with E-state index in [0.29, 0.717) is 24.7 Å². The summed E-state index contributed by atoms with van der Waals surface area (Å²) in [4.78, 5) is 20.9. The molecule has 0 bridgehead atoms. The number of pyridine rings is 1. The number of aromatic nitrogens is 1. The largest absolute Gasteiger partial charge is 0.481 e. The zero-order valence-corrected chi connectivity index (χ0v) is 12.6. The highest BCUT2D eigenvalue weighted by Gasteiger charge is 2.23. The van der Waals surface area contributed by atoms with Crippen LogP contribution >= 0.6 is 0 Å². The number of carbonyl (C=O) groups excluding carboxylic acids is 1. The summed E-state index contributed by atoms with van der Waals surface area (Å²) in [6, 6.07) is 15.5. The summed E-state index contributed by atoms with van der Waals surface area (Å²) in [6.45, 7) is 3.07. The minimum absolute atomic E-state index is 0.0355. The summed E-state index contributed by atoms with van der Waals surface area (Å²) in [5, 5.41) is 0. The molecule has 1 aliphatic heterocycles. The first kappa shape index (κ1) is 14.4. The number of methoxy groups -OCH3 is 1. The number of rotatable bonds is 3. The van der Waals surface area contributed by atoms with E-state index in [4.69, 9.17) is 4.74 Å². The van der Waals surface area contributed by atoms with Gasteiger partial charge in [-0.15, -0.1) is 0 Å². The molecular formula is C17H19N3O2. The van der Waals surface area contributed by atoms with E-state index in [2.05, 4.69) is 22.0 Å². The molecular weight excluding hydrogens is 278 g/mol. The molecule has 1 fully saturated rings. The quantitative estimate of drug-likeness (QED) is 0.870. The van der Waals surface area contributed by atoms with Gasteiger partial charge in [0.2, 0.25) is 5.88 Å². The number of para-hydroxylation sites is 1. The number of carbonyl (C=O) groups is 1. The van der Waals surface area contributed by atoms with Gasteiger partial charge in [-0.2, -0.15) is 0 Å². The van der Waals surface area contributed by atoms with Crippen molar-refractivity contribution in [2.45, 2.75) is 0 Å². The first-order chi connectivity index (χ1) is 10.8. The molecule has 2 aromatic rings. The van der Waals surface area contributed by atoms with Gasteiger partial charge in [0.25, 0.3) is 5.91 Å². The van der Waals surface area contributed by atoms with Crippen LogP contribution in [0.25, 0.3) is 0 Å². The van der Waals surface area contributed by atoms with Crippen molar-refractivity contribution in [3.63, 3.8) is 0 Å². The van der Waals surface area contributed by atoms with Crippen molar-refractivity contribution in [2.75, 3.05) is 38.2 Å². The molecule has 5 nitrogen and oxygen atoms in total. The van der Waals surface area contributed by atoms with Crippen molar-refractivity contribution >= 4 is 11.6 Å². The molecule has 5 heteroatoms. The maximum Gasteiger partial charge on any atom is 0.272 e. The highest BCUT2D eigenvalue weighted by molar-refractivity contribution is 5.92. The predicted octanol–water partition coefficient (Wildman–Crippen LogP) is 2.05. The van der Waals surface area contributed by atoms with Crippen LogP contribution in [0.5, 0.6) is 5.88 Å². The number of ether oxygens (including phenoxy) is 1. The molecule has 1 aliphatic rings. The number of benzene rings is 1. The summed E-state index contributed by atoms with van der Waals surface area (Å²) in [7, 11) is 1.55. The molecule has 0 atom stereocenters. The third-order valence-electron chi connectivity index (χ3n) is 3.84. The zero-order valence-electron chi connectivity index (χ0n) is 12.6. The Balaban J connectivity index is 1.64. The van der Waals surface area contributed by atoms with Crippen LogP contribution in [0, 0.1) is 0 Å². The van der Waals surface area contributed by atoms with Gasteiger partial charge in [-0.1, -0.05) is 24.3 Å². The lowest BCUT2D eigenvalue weighted by Gasteiger charge is -2.36. The Morgan fingerprint density at radius 1 is 1.00 bits per heavy atom. The fourth-order valence-corrected chi connectivity index (χ4v) is 2.62. The van der Waals surface area contributed by atoms with Gasteiger partial charge in [0.15, 0.2) is 0 Å². The topological polar surface area (TPSA) is 45.7 Å². The van der Waals surface area contributed by atoms with Crippen LogP contribution in [0.2, 0.25) is 0 Å². The molecule has 0 radical (unpaired) electrons. The summed E-state index contributed by atoms with van der Waals surface area (Å²) in [5.41, 5.74) is 1.64. The number of anilines is 1. The lowest BCUT2D eigenvalue weighted by atomic mass is 10.2. The van der Waals surface area contributed by atoms with Gasteiger partial charge in [0, 0.05) is 37.9 Å². The Hall–Kier alpha value is -2.56. The summed E-state index contributed by atoms with van der Waals surface area (Å²) >= 11 is 0. The van der Waals surface area contributed by atoms with E-state index in [1.54, 1.807) is 25.3 Å². The second-order valence-corrected chi connectivity index (χ2v) is 5.18. The number of amides is 1. The maximum absolute atomic E-state index is 12.5. The lowest BCUT2D eigenvalue weighted by Crippen LogP contribution is -2.49. The van der Waals surface area contributed by atoms with Crippen LogP contribution in [0.1, 0.15) is 10.5 Å². The predicted molar refractivity (Wildman–Crippen MR) is 85.3 cm³/mol. The Labute approximate surface area is 130 Å². The fraction of sp³-hybridized carbons (Fsp3) is 0.294. The van der Waals surface area contributed by atoms with Crippen molar-refractivity contribution in [1.82, 2.24) is 9.88 Å². The second kappa shape index (κ2) is 6.47. The van der Waals surface area contributed by atoms with Crippen LogP contribution in [0.15, 0.2) is 48.5 Å². The molecule has 1 aromatic carbocycles. The Bertz CT molecular complexity index is 637. The van der Waals surface area contributed by atoms with E-state index < -0.39 is 0 Å². The van der Waals surface area contributed by atoms with Gasteiger partial charge < -0.3 is 14.5 Å². The summed E-state index contributed by atoms with van der Waals surface area (Å²) in [6.07, 6.45) is 0. The highest BCUT2D eigenvalue weighted by Crippen LogP contribution is 2.17. The molecule has 0 unspecified atom stereocenters. The number of hydrogen-bond acceptors (Lipinski definition) is 4. The lowest BCUT2D eigenvalue weighted by molar-refractivity contribution is 0.0740. The first-order valence-electron chi connectivity index (χ1n) is 7.38. The van der Waals surface area contributed by atoms with Crippen molar-refractivity contribution < 1.29 is 9.53 Å². The van der Waals surface area contributed by atoms with Crippen molar-refractivity contribution in [2.24, 2.45) is 0 Å². The van der Waals surface area contributed by atoms with E-state index in [-0.39, 0.29) is 5.91 Å². The van der Waals surface area contributed by atoms with Gasteiger partial charge in [-0.25, -0.2) is 4.98 Å². The second-order valence-electron chi connectivity index (χ2n) is 5.18. The summed E-state index contributed by atoms with van der Waals surface area (Å²) < 4.78 is 5.08. The molecule has 1 aromatic heterocycles. The van der Waals surface area contributed by atoms with E-state index >= 15 is 0 Å². The number of hydrogen-bond donors (Lipinski definition) is 0. The molecule has 0 N–H and O–H groups in total. The molecule has 1 amide bonds. The van der Waals surface area contributed by atoms with Crippen LogP contribution in [-0.4, -0.2) is 49.1 Å². The Morgan fingerprint density at radius 2 is 1.73 bits per heavy atom. The maximum atomic E-state index is 12.5. The fourth-order valence-electron chi connectivity index (χ4n) is 2.62. The van der Waals surface area contributed by atoms with Gasteiger partial charge in [0.1, 0.15) is 5.69 Å². The first-order valence-corrected chi connectivity index (χ1v) is 7.38. The normalized spacial score (nSPS) is 14.8. The average molecular weight is 297 g/mol. The van der Waals surface area contributed by atoms with Gasteiger partial charge >= 0.3 is 0 Å². The average Bonchev–Trinajstić information content (AvgIpc) is 2.62. The molecule has 0 spiro atoms. The standard InChI is InChI=1S/C17H19N3O2/c1-22-16-9-5-8-15(18-16)17(21)20-12-10-19(11-13-20)14-6-3-2-4-7-14/h2-9H,10-13H2,1H3. The number of nitrogens with zero attached hydrogens (tertiary/aromatic N) is 3. The van der Waals surface area contributed by atoms with E-state index in [9.17, 15) is 4.79 Å². The van der Waals surface area contributed by atoms with Crippen LogP contribution in [0.4, 0.5) is 5.69 Å². The zero-order chi connectivity index (χ0) is 15.4. The van der Waals surface area contributed by atoms with Gasteiger partial charge in [0.05, 0.1) is 7.11 Å². The molecule has 3 rings (SSSR count). The monoisotopic (exact) mass is 297 g/mol. The van der Waals surface area contributed by atoms with Crippen molar-refractivity contribution in [3.8, 4) is 5.88 Å². The SMILES string of the molecule is COc1cccc(C(=O)N2CCN(c3ccccc3)CC2)n1. The van der Waals surface area contributed by atoms with Gasteiger partial charge in [-0.3, -0.25) is 4.79 Å². The minimum atomic E-state index is -0.0355. The molecule has 1 saturated heterocycles. The van der Waals surface area contributed by atoms with Crippen molar-refractivity contribution in [1.29, 1.82) is 0 Å². The van der Waals surface area contributed by atoms with E-state index in [1.807, 2.05) is 23.1 Å². The van der Waals surface area contributed by atoms with Crippen LogP contribution in [-0.2, 0) is 0 Å². The molecule has 2 heterocycles.